The van der Waals surface area contributed by atoms with Gasteiger partial charge in [-0.2, -0.15) is 0 Å². The Kier molecular flexibility index (Phi) is 5.91. The molecule has 0 nitrogen and oxygen atoms in total. The topological polar surface area (TPSA) is 0 Å². The van der Waals surface area contributed by atoms with E-state index in [-0.39, 0.29) is 7.43 Å². The highest BCUT2D eigenvalue weighted by molar-refractivity contribution is 6.58. The molecule has 0 saturated carbocycles. The Labute approximate surface area is 67.9 Å². The number of hydrogen-bond donors (Lipinski definition) is 0. The minimum atomic E-state index is -2.52. The highest BCUT2D eigenvalue weighted by Gasteiger charge is 2.30. The van der Waals surface area contributed by atoms with Crippen LogP contribution >= 0.6 is 46.4 Å². The zero-order valence-electron chi connectivity index (χ0n) is 2.97. The molecule has 0 amide bonds. The lowest BCUT2D eigenvalue weighted by molar-refractivity contribution is 0.413. The molecule has 0 aromatic heterocycles. The van der Waals surface area contributed by atoms with E-state index in [2.05, 4.69) is 0 Å². The summed E-state index contributed by atoms with van der Waals surface area (Å²) < 4.78 is 9.25. The van der Waals surface area contributed by atoms with Gasteiger partial charge in [-0.15, -0.1) is 0 Å². The fourth-order valence-corrected chi connectivity index (χ4v) is 0. The lowest BCUT2D eigenvalue weighted by Crippen LogP contribution is -2.13. The molecule has 0 aliphatic rings. The van der Waals surface area contributed by atoms with Gasteiger partial charge in [-0.05, 0) is 0 Å². The first kappa shape index (κ1) is 11.8. The van der Waals surface area contributed by atoms with Gasteiger partial charge in [0.05, 0.1) is 0 Å². The summed E-state index contributed by atoms with van der Waals surface area (Å²) in [6.45, 7) is 0. The van der Waals surface area contributed by atoms with E-state index < -0.39 is 9.42 Å². The molecule has 0 spiro atoms. The predicted octanol–water partition coefficient (Wildman–Crippen LogP) is 3.53. The molecule has 0 aliphatic heterocycles. The Bertz CT molecular complexity index is 56.8. The van der Waals surface area contributed by atoms with Gasteiger partial charge in [-0.1, -0.05) is 53.8 Å². The van der Waals surface area contributed by atoms with Crippen LogP contribution in [0.4, 0.5) is 4.39 Å². The van der Waals surface area contributed by atoms with Crippen LogP contribution in [-0.2, 0) is 0 Å². The van der Waals surface area contributed by atoms with Gasteiger partial charge in [-0.3, -0.25) is 0 Å². The van der Waals surface area contributed by atoms with Gasteiger partial charge in [0.1, 0.15) is 0 Å². The van der Waals surface area contributed by atoms with Crippen molar-refractivity contribution in [3.05, 3.63) is 0 Å². The number of hydrogen-bond acceptors (Lipinski definition) is 0. The third-order valence-electron chi connectivity index (χ3n) is 0.247. The Morgan fingerprint density at radius 2 is 1.38 bits per heavy atom. The van der Waals surface area contributed by atoms with Crippen LogP contribution in [0.2, 0.25) is 0 Å². The summed E-state index contributed by atoms with van der Waals surface area (Å²) in [5, 5.41) is 0. The molecular formula is C3H5Cl4F. The van der Waals surface area contributed by atoms with Crippen molar-refractivity contribution in [1.29, 1.82) is 0 Å². The molecule has 0 bridgehead atoms. The standard InChI is InChI=1S/C2HCl4F.CH4/c3-1(4)2(5,6)7;/h1H;1H4. The summed E-state index contributed by atoms with van der Waals surface area (Å²) in [4.78, 5) is -1.39. The molecule has 0 fully saturated rings. The van der Waals surface area contributed by atoms with Crippen LogP contribution < -0.4 is 0 Å². The molecule has 0 aromatic rings. The Morgan fingerprint density at radius 3 is 1.38 bits per heavy atom. The van der Waals surface area contributed by atoms with Gasteiger partial charge in [0.2, 0.25) is 0 Å². The van der Waals surface area contributed by atoms with E-state index in [1.54, 1.807) is 0 Å². The van der Waals surface area contributed by atoms with E-state index in [0.717, 1.165) is 0 Å². The Hall–Kier alpha value is 1.09. The lowest BCUT2D eigenvalue weighted by Gasteiger charge is -2.07. The molecule has 0 unspecified atom stereocenters. The number of alkyl halides is 5. The van der Waals surface area contributed by atoms with Crippen LogP contribution in [0, 0.1) is 0 Å². The minimum absolute atomic E-state index is 0. The molecule has 5 heteroatoms. The zero-order chi connectivity index (χ0) is 6.08. The van der Waals surface area contributed by atoms with Gasteiger partial charge in [0.25, 0.3) is 4.59 Å². The average Bonchev–Trinajstić information content (AvgIpc) is 1.31. The van der Waals surface area contributed by atoms with Crippen molar-refractivity contribution in [3.63, 3.8) is 0 Å². The molecule has 0 atom stereocenters. The first-order chi connectivity index (χ1) is 2.94. The van der Waals surface area contributed by atoms with Gasteiger partial charge < -0.3 is 0 Å². The maximum atomic E-state index is 11.8. The third kappa shape index (κ3) is 5.23. The van der Waals surface area contributed by atoms with E-state index in [0.29, 0.717) is 0 Å². The number of halogens is 5. The summed E-state index contributed by atoms with van der Waals surface area (Å²) in [6, 6.07) is 0. The van der Waals surface area contributed by atoms with Crippen molar-refractivity contribution in [2.75, 3.05) is 0 Å². The number of rotatable bonds is 1. The molecular weight excluding hydrogens is 197 g/mol. The largest absolute Gasteiger partial charge is 0.287 e. The van der Waals surface area contributed by atoms with Crippen molar-refractivity contribution in [3.8, 4) is 0 Å². The van der Waals surface area contributed by atoms with E-state index in [1.807, 2.05) is 0 Å². The monoisotopic (exact) mass is 200 g/mol. The maximum absolute atomic E-state index is 11.8. The van der Waals surface area contributed by atoms with Crippen LogP contribution in [0.5, 0.6) is 0 Å². The SMILES string of the molecule is C.FC(Cl)(Cl)C(Cl)Cl. The molecule has 0 saturated heterocycles. The van der Waals surface area contributed by atoms with Crippen molar-refractivity contribution < 1.29 is 4.39 Å². The van der Waals surface area contributed by atoms with Crippen LogP contribution in [0.3, 0.4) is 0 Å². The summed E-state index contributed by atoms with van der Waals surface area (Å²) >= 11 is 19.2. The summed E-state index contributed by atoms with van der Waals surface area (Å²) in [5.74, 6) is 0. The van der Waals surface area contributed by atoms with Gasteiger partial charge in [0.15, 0.2) is 4.84 Å². The van der Waals surface area contributed by atoms with Crippen LogP contribution in [0.1, 0.15) is 7.43 Å². The highest BCUT2D eigenvalue weighted by Crippen LogP contribution is 2.32. The molecule has 0 heterocycles. The first-order valence-corrected chi connectivity index (χ1v) is 2.92. The van der Waals surface area contributed by atoms with Gasteiger partial charge in [0, 0.05) is 0 Å². The summed E-state index contributed by atoms with van der Waals surface area (Å²) in [6.07, 6.45) is 0. The highest BCUT2D eigenvalue weighted by atomic mass is 35.5. The molecule has 0 rings (SSSR count). The van der Waals surface area contributed by atoms with E-state index in [1.165, 1.54) is 0 Å². The van der Waals surface area contributed by atoms with Gasteiger partial charge in [-0.25, -0.2) is 4.39 Å². The first-order valence-electron chi connectivity index (χ1n) is 1.29. The van der Waals surface area contributed by atoms with E-state index in [4.69, 9.17) is 46.4 Å². The van der Waals surface area contributed by atoms with E-state index >= 15 is 0 Å². The second-order valence-electron chi connectivity index (χ2n) is 0.842. The molecule has 0 aromatic carbocycles. The maximum Gasteiger partial charge on any atom is 0.287 e. The second kappa shape index (κ2) is 3.99. The zero-order valence-corrected chi connectivity index (χ0v) is 5.99. The smallest absolute Gasteiger partial charge is 0.205 e. The predicted molar refractivity (Wildman–Crippen MR) is 37.8 cm³/mol. The minimum Gasteiger partial charge on any atom is -0.205 e. The van der Waals surface area contributed by atoms with Crippen molar-refractivity contribution in [2.45, 2.75) is 16.9 Å². The summed E-state index contributed by atoms with van der Waals surface area (Å²) in [5.41, 5.74) is 0. The molecule has 52 valence electrons. The van der Waals surface area contributed by atoms with Crippen LogP contribution in [0.15, 0.2) is 0 Å². The quantitative estimate of drug-likeness (QED) is 0.570. The molecule has 0 N–H and O–H groups in total. The van der Waals surface area contributed by atoms with Crippen LogP contribution in [-0.4, -0.2) is 9.42 Å². The summed E-state index contributed by atoms with van der Waals surface area (Å²) in [7, 11) is 0. The molecule has 0 radical (unpaired) electrons. The normalized spacial score (nSPS) is 11.2. The van der Waals surface area contributed by atoms with Crippen molar-refractivity contribution >= 4 is 46.4 Å². The lowest BCUT2D eigenvalue weighted by atomic mass is 10.9. The fourth-order valence-electron chi connectivity index (χ4n) is 0. The third-order valence-corrected chi connectivity index (χ3v) is 1.73. The molecule has 8 heavy (non-hydrogen) atoms. The van der Waals surface area contributed by atoms with Crippen LogP contribution in [0.25, 0.3) is 0 Å². The Balaban J connectivity index is 0. The van der Waals surface area contributed by atoms with Gasteiger partial charge >= 0.3 is 0 Å². The Morgan fingerprint density at radius 1 is 1.25 bits per heavy atom. The fraction of sp³-hybridized carbons (Fsp3) is 1.00. The average molecular weight is 202 g/mol. The second-order valence-corrected chi connectivity index (χ2v) is 3.23. The van der Waals surface area contributed by atoms with E-state index in [9.17, 15) is 4.39 Å². The van der Waals surface area contributed by atoms with Crippen molar-refractivity contribution in [2.24, 2.45) is 0 Å². The van der Waals surface area contributed by atoms with Crippen molar-refractivity contribution in [1.82, 2.24) is 0 Å². The molecule has 0 aliphatic carbocycles.